The Balaban J connectivity index is 1.76. The first-order valence-corrected chi connectivity index (χ1v) is 10.9. The molecule has 0 bridgehead atoms. The van der Waals surface area contributed by atoms with Crippen LogP contribution in [0.4, 0.5) is 0 Å². The molecule has 1 aromatic carbocycles. The van der Waals surface area contributed by atoms with Crippen molar-refractivity contribution in [3.05, 3.63) is 29.8 Å². The van der Waals surface area contributed by atoms with Crippen LogP contribution in [-0.4, -0.2) is 60.6 Å². The van der Waals surface area contributed by atoms with Gasteiger partial charge in [0.05, 0.1) is 19.1 Å². The molecule has 2 aliphatic heterocycles. The summed E-state index contributed by atoms with van der Waals surface area (Å²) in [6, 6.07) is 8.02. The highest BCUT2D eigenvalue weighted by Crippen LogP contribution is 2.27. The molecular formula is C23H34N2O4. The van der Waals surface area contributed by atoms with Crippen LogP contribution < -0.4 is 4.74 Å². The Morgan fingerprint density at radius 1 is 1.31 bits per heavy atom. The summed E-state index contributed by atoms with van der Waals surface area (Å²) in [5.74, 6) is 0.651. The van der Waals surface area contributed by atoms with E-state index >= 15 is 0 Å². The number of hydrogen-bond donors (Lipinski definition) is 0. The summed E-state index contributed by atoms with van der Waals surface area (Å²) < 4.78 is 11.3. The van der Waals surface area contributed by atoms with E-state index in [2.05, 4.69) is 13.8 Å². The fourth-order valence-electron chi connectivity index (χ4n) is 4.54. The van der Waals surface area contributed by atoms with Crippen LogP contribution in [0.1, 0.15) is 51.5 Å². The summed E-state index contributed by atoms with van der Waals surface area (Å²) in [5, 5.41) is 0. The number of methoxy groups -OCH3 is 1. The molecule has 2 saturated heterocycles. The summed E-state index contributed by atoms with van der Waals surface area (Å²) in [4.78, 5) is 29.9. The molecule has 2 fully saturated rings. The van der Waals surface area contributed by atoms with Crippen LogP contribution in [0.25, 0.3) is 0 Å². The number of hydrogen-bond acceptors (Lipinski definition) is 4. The van der Waals surface area contributed by atoms with E-state index in [9.17, 15) is 9.59 Å². The number of ether oxygens (including phenoxy) is 2. The van der Waals surface area contributed by atoms with Crippen LogP contribution in [0, 0.1) is 5.92 Å². The molecule has 2 unspecified atom stereocenters. The second kappa shape index (κ2) is 10.1. The first-order valence-electron chi connectivity index (χ1n) is 10.9. The minimum atomic E-state index is -0.279. The molecule has 2 heterocycles. The van der Waals surface area contributed by atoms with Gasteiger partial charge in [0.1, 0.15) is 5.75 Å². The number of likely N-dealkylation sites (tertiary alicyclic amines) is 1. The van der Waals surface area contributed by atoms with Gasteiger partial charge in [-0.25, -0.2) is 0 Å². The van der Waals surface area contributed by atoms with Crippen molar-refractivity contribution in [3.63, 3.8) is 0 Å². The van der Waals surface area contributed by atoms with Crippen molar-refractivity contribution in [2.45, 2.75) is 64.6 Å². The highest BCUT2D eigenvalue weighted by Gasteiger charge is 2.39. The molecule has 2 aliphatic rings. The zero-order valence-electron chi connectivity index (χ0n) is 17.9. The molecule has 3 rings (SSSR count). The molecule has 0 N–H and O–H groups in total. The Morgan fingerprint density at radius 3 is 2.72 bits per heavy atom. The van der Waals surface area contributed by atoms with Crippen molar-refractivity contribution in [3.8, 4) is 5.75 Å². The van der Waals surface area contributed by atoms with Crippen LogP contribution in [-0.2, 0) is 20.9 Å². The third-order valence-corrected chi connectivity index (χ3v) is 6.20. The number of rotatable bonds is 9. The van der Waals surface area contributed by atoms with Crippen LogP contribution in [0.5, 0.6) is 5.75 Å². The van der Waals surface area contributed by atoms with Crippen molar-refractivity contribution in [1.82, 2.24) is 9.80 Å². The molecule has 0 aromatic heterocycles. The maximum absolute atomic E-state index is 13.5. The Labute approximate surface area is 174 Å². The summed E-state index contributed by atoms with van der Waals surface area (Å²) in [6.07, 6.45) is 4.23. The lowest BCUT2D eigenvalue weighted by Crippen LogP contribution is -2.42. The highest BCUT2D eigenvalue weighted by atomic mass is 16.5. The lowest BCUT2D eigenvalue weighted by molar-refractivity contribution is -0.138. The standard InChI is InChI=1S/C23H34N2O4/c1-4-19(5-2)25-15-18(13-22(25)26)23(27)24(16-20-10-8-12-29-20)14-17-9-6-7-11-21(17)28-3/h6-7,9,11,18-20H,4-5,8,10,12-16H2,1-3H3. The molecule has 1 aromatic rings. The van der Waals surface area contributed by atoms with Gasteiger partial charge >= 0.3 is 0 Å². The van der Waals surface area contributed by atoms with E-state index in [1.54, 1.807) is 7.11 Å². The minimum absolute atomic E-state index is 0.0493. The Bertz CT molecular complexity index is 698. The van der Waals surface area contributed by atoms with Gasteiger partial charge in [-0.1, -0.05) is 32.0 Å². The fraction of sp³-hybridized carbons (Fsp3) is 0.652. The highest BCUT2D eigenvalue weighted by molar-refractivity contribution is 5.89. The van der Waals surface area contributed by atoms with Crippen molar-refractivity contribution < 1.29 is 19.1 Å². The molecule has 2 amide bonds. The van der Waals surface area contributed by atoms with Crippen LogP contribution in [0.15, 0.2) is 24.3 Å². The van der Waals surface area contributed by atoms with Gasteiger partial charge in [0.15, 0.2) is 0 Å². The molecule has 160 valence electrons. The summed E-state index contributed by atoms with van der Waals surface area (Å²) in [5.41, 5.74) is 0.975. The zero-order chi connectivity index (χ0) is 20.8. The van der Waals surface area contributed by atoms with E-state index < -0.39 is 0 Å². The van der Waals surface area contributed by atoms with E-state index in [0.29, 0.717) is 26.1 Å². The van der Waals surface area contributed by atoms with Gasteiger partial charge < -0.3 is 19.3 Å². The Morgan fingerprint density at radius 2 is 2.07 bits per heavy atom. The molecule has 0 radical (unpaired) electrons. The maximum Gasteiger partial charge on any atom is 0.228 e. The second-order valence-electron chi connectivity index (χ2n) is 8.08. The Hall–Kier alpha value is -2.08. The fourth-order valence-corrected chi connectivity index (χ4v) is 4.54. The van der Waals surface area contributed by atoms with E-state index in [1.165, 1.54) is 0 Å². The molecule has 6 heteroatoms. The quantitative estimate of drug-likeness (QED) is 0.636. The normalized spacial score (nSPS) is 21.8. The number of amides is 2. The average Bonchev–Trinajstić information content (AvgIpc) is 3.38. The summed E-state index contributed by atoms with van der Waals surface area (Å²) in [6.45, 7) is 6.51. The van der Waals surface area contributed by atoms with Crippen molar-refractivity contribution in [1.29, 1.82) is 0 Å². The van der Waals surface area contributed by atoms with Gasteiger partial charge in [0.25, 0.3) is 0 Å². The number of benzene rings is 1. The maximum atomic E-state index is 13.5. The molecule has 0 spiro atoms. The first kappa shape index (κ1) is 21.6. The SMILES string of the molecule is CCC(CC)N1CC(C(=O)N(Cc2ccccc2OC)CC2CCCO2)CC1=O. The molecule has 0 aliphatic carbocycles. The van der Waals surface area contributed by atoms with Gasteiger partial charge in [0, 0.05) is 44.3 Å². The molecule has 0 saturated carbocycles. The Kier molecular flexibility index (Phi) is 7.53. The monoisotopic (exact) mass is 402 g/mol. The number of nitrogens with zero attached hydrogens (tertiary/aromatic N) is 2. The van der Waals surface area contributed by atoms with Gasteiger partial charge in [-0.3, -0.25) is 9.59 Å². The topological polar surface area (TPSA) is 59.1 Å². The van der Waals surface area contributed by atoms with E-state index in [-0.39, 0.29) is 29.9 Å². The number of carbonyl (C=O) groups excluding carboxylic acids is 2. The number of carbonyl (C=O) groups is 2. The average molecular weight is 403 g/mol. The lowest BCUT2D eigenvalue weighted by Gasteiger charge is -2.29. The van der Waals surface area contributed by atoms with Crippen LogP contribution in [0.3, 0.4) is 0 Å². The van der Waals surface area contributed by atoms with Crippen LogP contribution >= 0.6 is 0 Å². The lowest BCUT2D eigenvalue weighted by atomic mass is 10.0. The first-order chi connectivity index (χ1) is 14.1. The predicted octanol–water partition coefficient (Wildman–Crippen LogP) is 3.24. The van der Waals surface area contributed by atoms with E-state index in [4.69, 9.17) is 9.47 Å². The molecule has 29 heavy (non-hydrogen) atoms. The number of para-hydroxylation sites is 1. The van der Waals surface area contributed by atoms with E-state index in [1.807, 2.05) is 34.1 Å². The van der Waals surface area contributed by atoms with Gasteiger partial charge in [-0.05, 0) is 31.7 Å². The molecule has 2 atom stereocenters. The van der Waals surface area contributed by atoms with Gasteiger partial charge in [-0.15, -0.1) is 0 Å². The summed E-state index contributed by atoms with van der Waals surface area (Å²) >= 11 is 0. The third kappa shape index (κ3) is 5.10. The molecular weight excluding hydrogens is 368 g/mol. The van der Waals surface area contributed by atoms with Crippen molar-refractivity contribution in [2.75, 3.05) is 26.8 Å². The smallest absolute Gasteiger partial charge is 0.228 e. The second-order valence-corrected chi connectivity index (χ2v) is 8.08. The minimum Gasteiger partial charge on any atom is -0.496 e. The van der Waals surface area contributed by atoms with Crippen molar-refractivity contribution >= 4 is 11.8 Å². The zero-order valence-corrected chi connectivity index (χ0v) is 17.9. The van der Waals surface area contributed by atoms with Gasteiger partial charge in [0.2, 0.25) is 11.8 Å². The van der Waals surface area contributed by atoms with Crippen molar-refractivity contribution in [2.24, 2.45) is 5.92 Å². The van der Waals surface area contributed by atoms with Crippen LogP contribution in [0.2, 0.25) is 0 Å². The van der Waals surface area contributed by atoms with Gasteiger partial charge in [-0.2, -0.15) is 0 Å². The predicted molar refractivity (Wildman–Crippen MR) is 112 cm³/mol. The summed E-state index contributed by atoms with van der Waals surface area (Å²) in [7, 11) is 1.65. The largest absolute Gasteiger partial charge is 0.496 e. The third-order valence-electron chi connectivity index (χ3n) is 6.20. The van der Waals surface area contributed by atoms with E-state index in [0.717, 1.165) is 43.6 Å². The molecule has 6 nitrogen and oxygen atoms in total.